The van der Waals surface area contributed by atoms with Crippen LogP contribution in [0.15, 0.2) is 15.7 Å². The van der Waals surface area contributed by atoms with Crippen LogP contribution < -0.4 is 11.1 Å². The van der Waals surface area contributed by atoms with Gasteiger partial charge in [0.25, 0.3) is 11.1 Å². The van der Waals surface area contributed by atoms with Crippen molar-refractivity contribution in [1.29, 1.82) is 0 Å². The molecule has 1 aromatic rings. The Kier molecular flexibility index (Phi) is 2.52. The Hall–Kier alpha value is -1.32. The van der Waals surface area contributed by atoms with Crippen LogP contribution in [-0.4, -0.2) is 10.2 Å². The molecule has 1 fully saturated rings. The quantitative estimate of drug-likeness (QED) is 0.703. The Balaban J connectivity index is 2.34. The van der Waals surface area contributed by atoms with E-state index in [-0.39, 0.29) is 17.0 Å². The fourth-order valence-electron chi connectivity index (χ4n) is 2.15. The third-order valence-electron chi connectivity index (χ3n) is 2.89. The summed E-state index contributed by atoms with van der Waals surface area (Å²) in [6.07, 6.45) is 5.64. The van der Waals surface area contributed by atoms with Gasteiger partial charge in [-0.05, 0) is 18.8 Å². The third-order valence-corrected chi connectivity index (χ3v) is 2.89. The van der Waals surface area contributed by atoms with Crippen LogP contribution in [0.2, 0.25) is 0 Å². The fraction of sp³-hybridized carbons (Fsp3) is 0.600. The van der Waals surface area contributed by atoms with E-state index in [4.69, 9.17) is 0 Å². The summed E-state index contributed by atoms with van der Waals surface area (Å²) in [7, 11) is 0. The van der Waals surface area contributed by atoms with E-state index in [9.17, 15) is 9.59 Å². The molecule has 0 aliphatic heterocycles. The lowest BCUT2D eigenvalue weighted by molar-refractivity contribution is 0.440. The number of aromatic nitrogens is 2. The third kappa shape index (κ3) is 1.78. The molecule has 2 rings (SSSR count). The van der Waals surface area contributed by atoms with E-state index in [1.165, 1.54) is 12.5 Å². The maximum absolute atomic E-state index is 11.4. The first-order valence-electron chi connectivity index (χ1n) is 5.09. The van der Waals surface area contributed by atoms with Gasteiger partial charge in [-0.2, -0.15) is 0 Å². The largest absolute Gasteiger partial charge is 0.268 e. The highest BCUT2D eigenvalue weighted by molar-refractivity contribution is 5.13. The van der Waals surface area contributed by atoms with E-state index in [0.29, 0.717) is 5.56 Å². The predicted octanol–water partition coefficient (Wildman–Crippen LogP) is 1.11. The summed E-state index contributed by atoms with van der Waals surface area (Å²) in [4.78, 5) is 22.5. The molecule has 0 radical (unpaired) electrons. The van der Waals surface area contributed by atoms with Gasteiger partial charge < -0.3 is 0 Å². The molecule has 0 unspecified atom stereocenters. The number of hydrogen-bond acceptors (Lipinski definition) is 2. The van der Waals surface area contributed by atoms with Gasteiger partial charge in [-0.15, -0.1) is 0 Å². The second-order valence-electron chi connectivity index (χ2n) is 3.88. The molecule has 0 amide bonds. The molecule has 1 saturated carbocycles. The van der Waals surface area contributed by atoms with E-state index in [2.05, 4.69) is 10.2 Å². The highest BCUT2D eigenvalue weighted by Gasteiger charge is 2.18. The van der Waals surface area contributed by atoms with E-state index in [0.717, 1.165) is 25.7 Å². The van der Waals surface area contributed by atoms with Crippen molar-refractivity contribution < 1.29 is 0 Å². The van der Waals surface area contributed by atoms with Gasteiger partial charge in [-0.25, -0.2) is 0 Å². The van der Waals surface area contributed by atoms with E-state index in [1.807, 2.05) is 0 Å². The van der Waals surface area contributed by atoms with Gasteiger partial charge in [0.1, 0.15) is 0 Å². The number of hydrogen-bond donors (Lipinski definition) is 2. The molecule has 4 heteroatoms. The zero-order chi connectivity index (χ0) is 9.97. The molecule has 4 nitrogen and oxygen atoms in total. The summed E-state index contributed by atoms with van der Waals surface area (Å²) in [5.74, 6) is 0.287. The van der Waals surface area contributed by atoms with Crippen molar-refractivity contribution in [3.8, 4) is 0 Å². The van der Waals surface area contributed by atoms with E-state index in [1.54, 1.807) is 0 Å². The first-order valence-corrected chi connectivity index (χ1v) is 5.09. The van der Waals surface area contributed by atoms with Crippen molar-refractivity contribution in [3.63, 3.8) is 0 Å². The van der Waals surface area contributed by atoms with Gasteiger partial charge in [0.05, 0.1) is 0 Å². The van der Waals surface area contributed by atoms with E-state index >= 15 is 0 Å². The van der Waals surface area contributed by atoms with Gasteiger partial charge in [-0.1, -0.05) is 19.3 Å². The van der Waals surface area contributed by atoms with E-state index < -0.39 is 0 Å². The average molecular weight is 194 g/mol. The summed E-state index contributed by atoms with van der Waals surface area (Å²) in [5.41, 5.74) is 0.301. The summed E-state index contributed by atoms with van der Waals surface area (Å²) >= 11 is 0. The minimum atomic E-state index is -0.217. The Morgan fingerprint density at radius 2 is 1.79 bits per heavy atom. The van der Waals surface area contributed by atoms with Crippen LogP contribution in [0, 0.1) is 0 Å². The summed E-state index contributed by atoms with van der Waals surface area (Å²) in [6.45, 7) is 0. The standard InChI is InChI=1S/C10H14N2O2/c13-9-6-8(10(14)12-11-9)7-4-2-1-3-5-7/h6-7H,1-5H2,(H,11,13)(H,12,14). The first kappa shape index (κ1) is 9.24. The molecule has 0 bridgehead atoms. The molecule has 0 saturated heterocycles. The van der Waals surface area contributed by atoms with Gasteiger partial charge >= 0.3 is 0 Å². The van der Waals surface area contributed by atoms with Gasteiger partial charge in [0.15, 0.2) is 0 Å². The van der Waals surface area contributed by atoms with Crippen LogP contribution in [0.5, 0.6) is 0 Å². The molecule has 0 aromatic carbocycles. The normalized spacial score (nSPS) is 18.3. The predicted molar refractivity (Wildman–Crippen MR) is 53.5 cm³/mol. The fourth-order valence-corrected chi connectivity index (χ4v) is 2.15. The molecule has 1 heterocycles. The lowest BCUT2D eigenvalue weighted by atomic mass is 9.85. The lowest BCUT2D eigenvalue weighted by Gasteiger charge is -2.20. The molecule has 14 heavy (non-hydrogen) atoms. The minimum absolute atomic E-state index is 0.142. The topological polar surface area (TPSA) is 65.7 Å². The first-order chi connectivity index (χ1) is 6.77. The molecular formula is C10H14N2O2. The summed E-state index contributed by atoms with van der Waals surface area (Å²) < 4.78 is 0. The highest BCUT2D eigenvalue weighted by atomic mass is 16.1. The summed E-state index contributed by atoms with van der Waals surface area (Å²) in [5, 5.41) is 4.66. The molecular weight excluding hydrogens is 180 g/mol. The zero-order valence-electron chi connectivity index (χ0n) is 8.01. The van der Waals surface area contributed by atoms with Gasteiger partial charge in [-0.3, -0.25) is 19.8 Å². The van der Waals surface area contributed by atoms with Gasteiger partial charge in [0, 0.05) is 11.6 Å². The number of aromatic amines is 2. The number of H-pyrrole nitrogens is 2. The molecule has 1 aromatic heterocycles. The minimum Gasteiger partial charge on any atom is -0.268 e. The SMILES string of the molecule is O=c1cc(C2CCCCC2)c(=O)[nH][nH]1. The van der Waals surface area contributed by atoms with Crippen molar-refractivity contribution in [2.75, 3.05) is 0 Å². The van der Waals surface area contributed by atoms with Crippen LogP contribution in [0.25, 0.3) is 0 Å². The summed E-state index contributed by atoms with van der Waals surface area (Å²) in [6, 6.07) is 1.44. The van der Waals surface area contributed by atoms with Gasteiger partial charge in [0.2, 0.25) is 0 Å². The van der Waals surface area contributed by atoms with Crippen LogP contribution >= 0.6 is 0 Å². The van der Waals surface area contributed by atoms with Crippen molar-refractivity contribution in [2.24, 2.45) is 0 Å². The molecule has 0 spiro atoms. The van der Waals surface area contributed by atoms with Crippen molar-refractivity contribution in [3.05, 3.63) is 32.3 Å². The maximum atomic E-state index is 11.4. The van der Waals surface area contributed by atoms with Crippen LogP contribution in [0.4, 0.5) is 0 Å². The Morgan fingerprint density at radius 3 is 2.50 bits per heavy atom. The smallest absolute Gasteiger partial charge is 0.266 e. The second kappa shape index (κ2) is 3.82. The molecule has 1 aliphatic rings. The Labute approximate surface area is 81.3 Å². The van der Waals surface area contributed by atoms with Crippen LogP contribution in [0.1, 0.15) is 43.6 Å². The van der Waals surface area contributed by atoms with Crippen LogP contribution in [-0.2, 0) is 0 Å². The average Bonchev–Trinajstić information content (AvgIpc) is 2.23. The van der Waals surface area contributed by atoms with Crippen molar-refractivity contribution in [2.45, 2.75) is 38.0 Å². The number of rotatable bonds is 1. The maximum Gasteiger partial charge on any atom is 0.266 e. The lowest BCUT2D eigenvalue weighted by Crippen LogP contribution is -2.24. The van der Waals surface area contributed by atoms with Crippen molar-refractivity contribution in [1.82, 2.24) is 10.2 Å². The van der Waals surface area contributed by atoms with Crippen molar-refractivity contribution >= 4 is 0 Å². The Morgan fingerprint density at radius 1 is 1.07 bits per heavy atom. The zero-order valence-corrected chi connectivity index (χ0v) is 8.01. The Bertz CT molecular complexity index is 413. The second-order valence-corrected chi connectivity index (χ2v) is 3.88. The molecule has 0 atom stereocenters. The monoisotopic (exact) mass is 194 g/mol. The molecule has 1 aliphatic carbocycles. The highest BCUT2D eigenvalue weighted by Crippen LogP contribution is 2.29. The van der Waals surface area contributed by atoms with Crippen LogP contribution in [0.3, 0.4) is 0 Å². The number of nitrogens with one attached hydrogen (secondary N) is 2. The molecule has 2 N–H and O–H groups in total. The molecule has 76 valence electrons.